The van der Waals surface area contributed by atoms with E-state index in [9.17, 15) is 0 Å². The Labute approximate surface area is 102 Å². The van der Waals surface area contributed by atoms with Crippen LogP contribution in [-0.2, 0) is 0 Å². The molecule has 0 aromatic carbocycles. The molecule has 2 rings (SSSR count). The molecule has 0 unspecified atom stereocenters. The van der Waals surface area contributed by atoms with Gasteiger partial charge >= 0.3 is 0 Å². The lowest BCUT2D eigenvalue weighted by atomic mass is 9.82. The predicted molar refractivity (Wildman–Crippen MR) is 71.6 cm³/mol. The molecule has 0 atom stereocenters. The standard InChI is InChI=1S/C16H28/c1-3-7-11-15(12-8-4-1)16-13-9-5-2-6-10-14-16/h11,16H,1-10,12-14H2/b15-11+. The van der Waals surface area contributed by atoms with E-state index in [1.807, 2.05) is 5.57 Å². The summed E-state index contributed by atoms with van der Waals surface area (Å²) in [7, 11) is 0. The second-order valence-electron chi connectivity index (χ2n) is 5.77. The van der Waals surface area contributed by atoms with Gasteiger partial charge < -0.3 is 0 Å². The molecule has 0 aliphatic heterocycles. The Hall–Kier alpha value is -0.260. The van der Waals surface area contributed by atoms with Crippen molar-refractivity contribution < 1.29 is 0 Å². The van der Waals surface area contributed by atoms with Crippen molar-refractivity contribution in [1.82, 2.24) is 0 Å². The van der Waals surface area contributed by atoms with Gasteiger partial charge in [-0.1, -0.05) is 56.6 Å². The summed E-state index contributed by atoms with van der Waals surface area (Å²) < 4.78 is 0. The van der Waals surface area contributed by atoms with E-state index in [4.69, 9.17) is 0 Å². The number of hydrogen-bond acceptors (Lipinski definition) is 0. The van der Waals surface area contributed by atoms with Crippen LogP contribution in [0.4, 0.5) is 0 Å². The third-order valence-corrected chi connectivity index (χ3v) is 4.46. The monoisotopic (exact) mass is 220 g/mol. The summed E-state index contributed by atoms with van der Waals surface area (Å²) in [5.41, 5.74) is 1.85. The molecule has 2 aliphatic rings. The largest absolute Gasteiger partial charge is 0.0851 e. The Balaban J connectivity index is 1.90. The lowest BCUT2D eigenvalue weighted by Gasteiger charge is -2.24. The third kappa shape index (κ3) is 3.96. The van der Waals surface area contributed by atoms with Crippen LogP contribution in [0.15, 0.2) is 11.6 Å². The Kier molecular flexibility index (Phi) is 5.45. The maximum Gasteiger partial charge on any atom is -0.0203 e. The first-order valence-corrected chi connectivity index (χ1v) is 7.66. The smallest absolute Gasteiger partial charge is 0.0203 e. The summed E-state index contributed by atoms with van der Waals surface area (Å²) in [5, 5.41) is 0. The normalized spacial score (nSPS) is 29.4. The van der Waals surface area contributed by atoms with Gasteiger partial charge in [-0.2, -0.15) is 0 Å². The van der Waals surface area contributed by atoms with E-state index in [1.165, 1.54) is 83.5 Å². The minimum absolute atomic E-state index is 0.971. The van der Waals surface area contributed by atoms with Crippen LogP contribution in [0, 0.1) is 5.92 Å². The molecule has 0 spiro atoms. The van der Waals surface area contributed by atoms with Gasteiger partial charge in [0.15, 0.2) is 0 Å². The van der Waals surface area contributed by atoms with E-state index in [2.05, 4.69) is 6.08 Å². The van der Waals surface area contributed by atoms with E-state index in [-0.39, 0.29) is 0 Å². The Morgan fingerprint density at radius 2 is 1.31 bits per heavy atom. The molecule has 0 bridgehead atoms. The zero-order valence-corrected chi connectivity index (χ0v) is 10.8. The highest BCUT2D eigenvalue weighted by Crippen LogP contribution is 2.32. The van der Waals surface area contributed by atoms with E-state index < -0.39 is 0 Å². The van der Waals surface area contributed by atoms with Crippen molar-refractivity contribution >= 4 is 0 Å². The average molecular weight is 220 g/mol. The van der Waals surface area contributed by atoms with Crippen LogP contribution in [0.5, 0.6) is 0 Å². The predicted octanol–water partition coefficient (Wildman–Crippen LogP) is 5.63. The van der Waals surface area contributed by atoms with Crippen molar-refractivity contribution in [3.63, 3.8) is 0 Å². The molecule has 0 heteroatoms. The summed E-state index contributed by atoms with van der Waals surface area (Å²) in [5.74, 6) is 0.971. The molecule has 1 saturated carbocycles. The van der Waals surface area contributed by atoms with Gasteiger partial charge in [0.1, 0.15) is 0 Å². The second-order valence-corrected chi connectivity index (χ2v) is 5.77. The maximum atomic E-state index is 2.62. The highest BCUT2D eigenvalue weighted by molar-refractivity contribution is 5.08. The van der Waals surface area contributed by atoms with Gasteiger partial charge in [0.2, 0.25) is 0 Å². The molecule has 0 amide bonds. The van der Waals surface area contributed by atoms with E-state index >= 15 is 0 Å². The van der Waals surface area contributed by atoms with Gasteiger partial charge in [-0.15, -0.1) is 0 Å². The average Bonchev–Trinajstić information content (AvgIpc) is 2.18. The molecule has 0 N–H and O–H groups in total. The van der Waals surface area contributed by atoms with E-state index in [1.54, 1.807) is 0 Å². The topological polar surface area (TPSA) is 0 Å². The lowest BCUT2D eigenvalue weighted by Crippen LogP contribution is -2.08. The Morgan fingerprint density at radius 3 is 2.12 bits per heavy atom. The minimum Gasteiger partial charge on any atom is -0.0851 e. The first-order chi connectivity index (χ1) is 7.97. The molecule has 0 saturated heterocycles. The van der Waals surface area contributed by atoms with Crippen molar-refractivity contribution in [3.8, 4) is 0 Å². The van der Waals surface area contributed by atoms with Crippen molar-refractivity contribution in [1.29, 1.82) is 0 Å². The van der Waals surface area contributed by atoms with Gasteiger partial charge in [-0.3, -0.25) is 0 Å². The molecule has 0 heterocycles. The fraction of sp³-hybridized carbons (Fsp3) is 0.875. The van der Waals surface area contributed by atoms with Gasteiger partial charge in [-0.05, 0) is 44.4 Å². The summed E-state index contributed by atoms with van der Waals surface area (Å²) in [6, 6.07) is 0. The molecule has 0 aromatic heterocycles. The number of hydrogen-bond donors (Lipinski definition) is 0. The molecule has 16 heavy (non-hydrogen) atoms. The minimum atomic E-state index is 0.971. The van der Waals surface area contributed by atoms with Crippen LogP contribution < -0.4 is 0 Å². The number of rotatable bonds is 1. The van der Waals surface area contributed by atoms with Crippen molar-refractivity contribution in [2.75, 3.05) is 0 Å². The van der Waals surface area contributed by atoms with Crippen LogP contribution in [0.2, 0.25) is 0 Å². The van der Waals surface area contributed by atoms with Crippen molar-refractivity contribution in [2.24, 2.45) is 5.92 Å². The van der Waals surface area contributed by atoms with Crippen molar-refractivity contribution in [3.05, 3.63) is 11.6 Å². The van der Waals surface area contributed by atoms with Gasteiger partial charge in [0.25, 0.3) is 0 Å². The van der Waals surface area contributed by atoms with Gasteiger partial charge in [-0.25, -0.2) is 0 Å². The molecule has 0 nitrogen and oxygen atoms in total. The maximum absolute atomic E-state index is 2.62. The Morgan fingerprint density at radius 1 is 0.688 bits per heavy atom. The van der Waals surface area contributed by atoms with Crippen LogP contribution >= 0.6 is 0 Å². The fourth-order valence-electron chi connectivity index (χ4n) is 3.41. The fourth-order valence-corrected chi connectivity index (χ4v) is 3.41. The molecule has 2 aliphatic carbocycles. The van der Waals surface area contributed by atoms with Gasteiger partial charge in [0.05, 0.1) is 0 Å². The van der Waals surface area contributed by atoms with Crippen LogP contribution in [0.25, 0.3) is 0 Å². The summed E-state index contributed by atoms with van der Waals surface area (Å²) in [4.78, 5) is 0. The molecular formula is C16H28. The van der Waals surface area contributed by atoms with E-state index in [0.29, 0.717) is 0 Å². The van der Waals surface area contributed by atoms with Gasteiger partial charge in [0, 0.05) is 0 Å². The van der Waals surface area contributed by atoms with Crippen molar-refractivity contribution in [2.45, 2.75) is 83.5 Å². The zero-order chi connectivity index (χ0) is 11.1. The molecular weight excluding hydrogens is 192 g/mol. The second kappa shape index (κ2) is 7.14. The molecule has 1 fully saturated rings. The SMILES string of the molecule is C1=C(/C2CCCCCCC2)CCCCCC/1. The summed E-state index contributed by atoms with van der Waals surface area (Å²) >= 11 is 0. The third-order valence-electron chi connectivity index (χ3n) is 4.46. The summed E-state index contributed by atoms with van der Waals surface area (Å²) in [6.07, 6.45) is 21.7. The van der Waals surface area contributed by atoms with Crippen LogP contribution in [-0.4, -0.2) is 0 Å². The highest BCUT2D eigenvalue weighted by Gasteiger charge is 2.16. The van der Waals surface area contributed by atoms with Crippen LogP contribution in [0.3, 0.4) is 0 Å². The first kappa shape index (κ1) is 12.2. The Bertz CT molecular complexity index is 206. The summed E-state index contributed by atoms with van der Waals surface area (Å²) in [6.45, 7) is 0. The highest BCUT2D eigenvalue weighted by atomic mass is 14.2. The zero-order valence-electron chi connectivity index (χ0n) is 10.8. The lowest BCUT2D eigenvalue weighted by molar-refractivity contribution is 0.406. The molecule has 92 valence electrons. The van der Waals surface area contributed by atoms with E-state index in [0.717, 1.165) is 5.92 Å². The molecule has 0 radical (unpaired) electrons. The molecule has 0 aromatic rings. The first-order valence-electron chi connectivity index (χ1n) is 7.66. The van der Waals surface area contributed by atoms with Crippen LogP contribution in [0.1, 0.15) is 83.5 Å². The number of allylic oxidation sites excluding steroid dienone is 2. The quantitative estimate of drug-likeness (QED) is 0.502.